The molecule has 1 atom stereocenters. The molecule has 112 valence electrons. The first-order chi connectivity index (χ1) is 9.20. The molecule has 4 N–H and O–H groups in total. The number of amides is 2. The number of hydrogen-bond acceptors (Lipinski definition) is 6. The Morgan fingerprint density at radius 3 is 2.55 bits per heavy atom. The number of phenols is 1. The van der Waals surface area contributed by atoms with Crippen LogP contribution in [0, 0.1) is 0 Å². The van der Waals surface area contributed by atoms with Gasteiger partial charge in [0.05, 0.1) is 0 Å². The van der Waals surface area contributed by atoms with Gasteiger partial charge >= 0.3 is 65.1 Å². The molecule has 0 aliphatic carbocycles. The number of likely N-dealkylation sites (N-methyl/N-ethyl adjacent to an activating group) is 1. The molecule has 0 aromatic heterocycles. The molecule has 0 fully saturated rings. The Balaban J connectivity index is -0.00000110. The van der Waals surface area contributed by atoms with Crippen LogP contribution in [0.1, 0.15) is 8.42 Å². The van der Waals surface area contributed by atoms with Gasteiger partial charge in [0.2, 0.25) is 0 Å². The number of carbonyl (C=O) groups excluding carboxylic acids is 1. The number of nitrogens with two attached hydrogens (primary N) is 1. The summed E-state index contributed by atoms with van der Waals surface area (Å²) in [6.45, 7) is 0. The monoisotopic (exact) mass is 348 g/mol. The van der Waals surface area contributed by atoms with Crippen LogP contribution in [-0.4, -0.2) is 36.5 Å². The Morgan fingerprint density at radius 1 is 1.45 bits per heavy atom. The number of primary amides is 1. The number of carbonyl (C=O) groups is 1. The van der Waals surface area contributed by atoms with Gasteiger partial charge < -0.3 is 18.6 Å². The number of aromatic hydroxyl groups is 1. The number of urea groups is 1. The number of nitrogens with zero attached hydrogens (tertiary/aromatic N) is 3. The number of hydrogen-bond donors (Lipinski definition) is 3. The number of rotatable bonds is 2. The Bertz CT molecular complexity index is 719. The predicted octanol–water partition coefficient (Wildman–Crippen LogP) is -5.01. The van der Waals surface area contributed by atoms with E-state index in [0.29, 0.717) is 11.3 Å². The van der Waals surface area contributed by atoms with E-state index in [4.69, 9.17) is 10.3 Å². The molecule has 12 heteroatoms. The van der Waals surface area contributed by atoms with Crippen molar-refractivity contribution in [1.82, 2.24) is 0 Å². The Kier molecular flexibility index (Phi) is 7.99. The van der Waals surface area contributed by atoms with Gasteiger partial charge in [-0.1, -0.05) is 5.11 Å². The largest absolute Gasteiger partial charge is 1.00 e. The van der Waals surface area contributed by atoms with Crippen molar-refractivity contribution < 1.29 is 84.8 Å². The van der Waals surface area contributed by atoms with Crippen LogP contribution in [-0.2, 0) is 16.5 Å². The third kappa shape index (κ3) is 4.65. The average Bonchev–Trinajstić information content (AvgIpc) is 2.63. The maximum Gasteiger partial charge on any atom is 1.00 e. The zero-order chi connectivity index (χ0) is 15.1. The van der Waals surface area contributed by atoms with Crippen molar-refractivity contribution in [3.05, 3.63) is 17.7 Å². The van der Waals surface area contributed by atoms with E-state index < -0.39 is 21.5 Å². The van der Waals surface area contributed by atoms with Crippen LogP contribution in [0.25, 0.3) is 0 Å². The normalized spacial score (nSPS) is 16.8. The molecule has 1 aliphatic rings. The third-order valence-corrected chi connectivity index (χ3v) is 4.15. The minimum Gasteiger partial charge on any atom is -1.00 e. The summed E-state index contributed by atoms with van der Waals surface area (Å²) in [7, 11) is -2.77. The number of phenolic OH excluding ortho intramolecular Hbond substituents is 1. The number of fused-ring (bicyclic) bond motifs is 1. The molecule has 0 saturated carbocycles. The maximum absolute atomic E-state index is 11.2. The SMILES string of the molecule is CN1c2cc(O)c(N=NC(N)=O)cc2CC1S(=O)(=O)O.[H-].[H-].[Na+].[Na+]. The van der Waals surface area contributed by atoms with Gasteiger partial charge in [-0.15, -0.1) is 5.11 Å². The quantitative estimate of drug-likeness (QED) is 0.277. The molecule has 9 nitrogen and oxygen atoms in total. The molecule has 1 heterocycles. The molecule has 1 aromatic carbocycles. The van der Waals surface area contributed by atoms with Crippen LogP contribution in [0.4, 0.5) is 16.2 Å². The molecule has 2 rings (SSSR count). The topological polar surface area (TPSA) is 146 Å². The van der Waals surface area contributed by atoms with Crippen molar-refractivity contribution in [3.63, 3.8) is 0 Å². The van der Waals surface area contributed by atoms with Crippen LogP contribution in [0.15, 0.2) is 22.4 Å². The minimum atomic E-state index is -4.25. The molecule has 2 amide bonds. The van der Waals surface area contributed by atoms with Gasteiger partial charge in [-0.3, -0.25) is 4.55 Å². The van der Waals surface area contributed by atoms with Crippen LogP contribution in [0.2, 0.25) is 0 Å². The zero-order valence-electron chi connectivity index (χ0n) is 14.4. The second-order valence-corrected chi connectivity index (χ2v) is 5.87. The van der Waals surface area contributed by atoms with E-state index in [1.54, 1.807) is 0 Å². The van der Waals surface area contributed by atoms with Crippen LogP contribution in [0.5, 0.6) is 5.75 Å². The standard InChI is InChI=1S/C10H12N4O5S.2Na.2H/c1-14-7-4-8(15)6(12-13-10(11)16)2-5(7)3-9(14)20(17,18)19;;;;/h2,4,9,15H,3H2,1H3,(H2,11,16)(H,17,18,19);;;;/q;2*+1;2*-1. The molecule has 1 aliphatic heterocycles. The predicted molar refractivity (Wildman–Crippen MR) is 71.9 cm³/mol. The molecular formula is C10H14N4Na2O5S. The summed E-state index contributed by atoms with van der Waals surface area (Å²) in [5, 5.41) is 15.2. The van der Waals surface area contributed by atoms with Crippen molar-refractivity contribution in [2.24, 2.45) is 16.0 Å². The average molecular weight is 348 g/mol. The van der Waals surface area contributed by atoms with E-state index in [-0.39, 0.29) is 79.8 Å². The molecule has 0 radical (unpaired) electrons. The molecule has 22 heavy (non-hydrogen) atoms. The summed E-state index contributed by atoms with van der Waals surface area (Å²) in [5.41, 5.74) is 5.79. The van der Waals surface area contributed by atoms with E-state index in [0.717, 1.165) is 0 Å². The first-order valence-electron chi connectivity index (χ1n) is 5.46. The van der Waals surface area contributed by atoms with Crippen molar-refractivity contribution >= 4 is 27.5 Å². The maximum atomic E-state index is 11.2. The molecule has 1 unspecified atom stereocenters. The van der Waals surface area contributed by atoms with E-state index in [1.165, 1.54) is 24.1 Å². The fourth-order valence-electron chi connectivity index (χ4n) is 2.07. The van der Waals surface area contributed by atoms with Crippen molar-refractivity contribution in [2.45, 2.75) is 11.8 Å². The van der Waals surface area contributed by atoms with E-state index >= 15 is 0 Å². The summed E-state index contributed by atoms with van der Waals surface area (Å²) in [4.78, 5) is 11.8. The van der Waals surface area contributed by atoms with Crippen molar-refractivity contribution in [2.75, 3.05) is 11.9 Å². The van der Waals surface area contributed by atoms with Gasteiger partial charge in [0, 0.05) is 25.2 Å². The fraction of sp³-hybridized carbons (Fsp3) is 0.300. The molecule has 1 aromatic rings. The molecule has 0 bridgehead atoms. The van der Waals surface area contributed by atoms with Gasteiger partial charge in [-0.05, 0) is 11.6 Å². The zero-order valence-corrected chi connectivity index (χ0v) is 17.2. The van der Waals surface area contributed by atoms with E-state index in [9.17, 15) is 18.3 Å². The number of benzene rings is 1. The van der Waals surface area contributed by atoms with Gasteiger partial charge in [-0.25, -0.2) is 4.79 Å². The molecular weight excluding hydrogens is 334 g/mol. The second kappa shape index (κ2) is 8.06. The van der Waals surface area contributed by atoms with Gasteiger partial charge in [0.15, 0.2) is 5.37 Å². The Labute approximate surface area is 174 Å². The van der Waals surface area contributed by atoms with Gasteiger partial charge in [-0.2, -0.15) is 8.42 Å². The number of azo groups is 1. The van der Waals surface area contributed by atoms with Crippen molar-refractivity contribution in [1.29, 1.82) is 0 Å². The Morgan fingerprint density at radius 2 is 2.05 bits per heavy atom. The van der Waals surface area contributed by atoms with Gasteiger partial charge in [0.1, 0.15) is 11.4 Å². The summed E-state index contributed by atoms with van der Waals surface area (Å²) < 4.78 is 31.6. The third-order valence-electron chi connectivity index (χ3n) is 2.98. The van der Waals surface area contributed by atoms with Crippen LogP contribution < -0.4 is 69.7 Å². The summed E-state index contributed by atoms with van der Waals surface area (Å²) in [6.07, 6.45) is 0.0318. The fourth-order valence-corrected chi connectivity index (χ4v) is 2.97. The minimum absolute atomic E-state index is 0. The molecule has 0 spiro atoms. The second-order valence-electron chi connectivity index (χ2n) is 4.29. The summed E-state index contributed by atoms with van der Waals surface area (Å²) in [5.74, 6) is -0.281. The first-order valence-corrected chi connectivity index (χ1v) is 6.96. The van der Waals surface area contributed by atoms with Gasteiger partial charge in [0.25, 0.3) is 10.1 Å². The van der Waals surface area contributed by atoms with Crippen LogP contribution in [0.3, 0.4) is 0 Å². The summed E-state index contributed by atoms with van der Waals surface area (Å²) in [6, 6.07) is 1.66. The first kappa shape index (κ1) is 21.8. The van der Waals surface area contributed by atoms with Crippen LogP contribution >= 0.6 is 0 Å². The Hall–Kier alpha value is -0.200. The number of anilines is 1. The van der Waals surface area contributed by atoms with E-state index in [1.807, 2.05) is 0 Å². The summed E-state index contributed by atoms with van der Waals surface area (Å²) >= 11 is 0. The molecule has 0 saturated heterocycles. The van der Waals surface area contributed by atoms with Crippen molar-refractivity contribution in [3.8, 4) is 5.75 Å². The smallest absolute Gasteiger partial charge is 1.00 e. The van der Waals surface area contributed by atoms with E-state index in [2.05, 4.69) is 10.2 Å².